The van der Waals surface area contributed by atoms with Crippen LogP contribution in [0.25, 0.3) is 0 Å². The van der Waals surface area contributed by atoms with E-state index in [1.165, 1.54) is 0 Å². The lowest BCUT2D eigenvalue weighted by Gasteiger charge is -2.14. The first-order valence-electron chi connectivity index (χ1n) is 10.0. The number of rotatable bonds is 10. The van der Waals surface area contributed by atoms with Gasteiger partial charge in [-0.25, -0.2) is 4.98 Å². The molecule has 0 unspecified atom stereocenters. The Morgan fingerprint density at radius 2 is 1.97 bits per heavy atom. The molecule has 0 saturated carbocycles. The molecular formula is C22H29N7O2. The number of hydrogen-bond acceptors (Lipinski definition) is 7. The molecule has 0 bridgehead atoms. The molecule has 9 heteroatoms. The van der Waals surface area contributed by atoms with Gasteiger partial charge in [0.1, 0.15) is 17.3 Å². The molecule has 0 atom stereocenters. The van der Waals surface area contributed by atoms with Crippen LogP contribution in [0.3, 0.4) is 0 Å². The van der Waals surface area contributed by atoms with E-state index in [0.717, 1.165) is 18.7 Å². The van der Waals surface area contributed by atoms with Gasteiger partial charge >= 0.3 is 0 Å². The summed E-state index contributed by atoms with van der Waals surface area (Å²) < 4.78 is 13.3. The zero-order valence-electron chi connectivity index (χ0n) is 18.3. The van der Waals surface area contributed by atoms with E-state index in [0.29, 0.717) is 35.4 Å². The van der Waals surface area contributed by atoms with Gasteiger partial charge in [-0.2, -0.15) is 5.10 Å². The van der Waals surface area contributed by atoms with Gasteiger partial charge in [0, 0.05) is 50.2 Å². The minimum absolute atomic E-state index is 0.211. The van der Waals surface area contributed by atoms with Crippen LogP contribution in [0.2, 0.25) is 0 Å². The molecule has 9 nitrogen and oxygen atoms in total. The molecule has 0 aliphatic heterocycles. The minimum atomic E-state index is 0.211. The average molecular weight is 424 g/mol. The van der Waals surface area contributed by atoms with Gasteiger partial charge in [-0.3, -0.25) is 10.1 Å². The summed E-state index contributed by atoms with van der Waals surface area (Å²) in [5.41, 5.74) is 1.46. The topological polar surface area (TPSA) is 100 Å². The van der Waals surface area contributed by atoms with E-state index >= 15 is 0 Å². The smallest absolute Gasteiger partial charge is 0.219 e. The van der Waals surface area contributed by atoms with Crippen LogP contribution in [0.5, 0.6) is 17.4 Å². The molecule has 0 saturated heterocycles. The van der Waals surface area contributed by atoms with Crippen LogP contribution in [0.1, 0.15) is 12.0 Å². The van der Waals surface area contributed by atoms with Crippen molar-refractivity contribution in [3.05, 3.63) is 54.4 Å². The maximum absolute atomic E-state index is 8.44. The SMILES string of the molecule is CNc1ccc(Oc2ccc(OCCCN(C)C)cn2)cc1C(=N)Nc1ccn(C)n1. The molecule has 0 aliphatic rings. The first-order valence-corrected chi connectivity index (χ1v) is 10.0. The number of nitrogens with zero attached hydrogens (tertiary/aromatic N) is 4. The van der Waals surface area contributed by atoms with Gasteiger partial charge in [0.2, 0.25) is 5.88 Å². The summed E-state index contributed by atoms with van der Waals surface area (Å²) in [5.74, 6) is 2.55. The molecule has 0 amide bonds. The fraction of sp³-hybridized carbons (Fsp3) is 0.318. The highest BCUT2D eigenvalue weighted by Crippen LogP contribution is 2.27. The Morgan fingerprint density at radius 3 is 2.61 bits per heavy atom. The molecule has 0 spiro atoms. The van der Waals surface area contributed by atoms with Crippen molar-refractivity contribution in [2.75, 3.05) is 44.9 Å². The van der Waals surface area contributed by atoms with E-state index in [4.69, 9.17) is 14.9 Å². The Labute approximate surface area is 182 Å². The lowest BCUT2D eigenvalue weighted by atomic mass is 10.1. The van der Waals surface area contributed by atoms with Crippen molar-refractivity contribution in [1.29, 1.82) is 5.41 Å². The number of nitrogens with one attached hydrogen (secondary N) is 3. The highest BCUT2D eigenvalue weighted by molar-refractivity contribution is 6.09. The number of hydrogen-bond donors (Lipinski definition) is 3. The van der Waals surface area contributed by atoms with Gasteiger partial charge in [-0.1, -0.05) is 0 Å². The fourth-order valence-electron chi connectivity index (χ4n) is 2.89. The number of ether oxygens (including phenoxy) is 2. The molecule has 31 heavy (non-hydrogen) atoms. The molecule has 0 aliphatic carbocycles. The second kappa shape index (κ2) is 10.4. The van der Waals surface area contributed by atoms with Crippen LogP contribution in [0, 0.1) is 5.41 Å². The van der Waals surface area contributed by atoms with Gasteiger partial charge in [0.15, 0.2) is 5.82 Å². The molecular weight excluding hydrogens is 394 g/mol. The zero-order valence-corrected chi connectivity index (χ0v) is 18.3. The van der Waals surface area contributed by atoms with E-state index in [1.807, 2.05) is 58.7 Å². The Kier molecular flexibility index (Phi) is 7.45. The van der Waals surface area contributed by atoms with Crippen LogP contribution in [-0.4, -0.2) is 59.8 Å². The summed E-state index contributed by atoms with van der Waals surface area (Å²) in [4.78, 5) is 6.44. The van der Waals surface area contributed by atoms with E-state index < -0.39 is 0 Å². The lowest BCUT2D eigenvalue weighted by Crippen LogP contribution is -2.15. The van der Waals surface area contributed by atoms with Crippen molar-refractivity contribution >= 4 is 17.3 Å². The molecule has 164 valence electrons. The standard InChI is InChI=1S/C22H29N7O2/c1-24-19-8-6-16(14-18(19)22(23)26-20-10-12-29(4)27-20)31-21-9-7-17(15-25-21)30-13-5-11-28(2)3/h6-10,12,14-15,24H,5,11,13H2,1-4H3,(H2,23,26,27). The third-order valence-corrected chi connectivity index (χ3v) is 4.45. The van der Waals surface area contributed by atoms with Crippen LogP contribution >= 0.6 is 0 Å². The van der Waals surface area contributed by atoms with Gasteiger partial charge in [0.05, 0.1) is 12.8 Å². The van der Waals surface area contributed by atoms with Crippen LogP contribution in [-0.2, 0) is 7.05 Å². The van der Waals surface area contributed by atoms with Gasteiger partial charge in [-0.15, -0.1) is 0 Å². The highest BCUT2D eigenvalue weighted by atomic mass is 16.5. The maximum Gasteiger partial charge on any atom is 0.219 e. The third kappa shape index (κ3) is 6.45. The summed E-state index contributed by atoms with van der Waals surface area (Å²) in [6.45, 7) is 1.62. The largest absolute Gasteiger partial charge is 0.492 e. The summed E-state index contributed by atoms with van der Waals surface area (Å²) in [7, 11) is 7.72. The molecule has 3 aromatic rings. The second-order valence-corrected chi connectivity index (χ2v) is 7.27. The molecule has 1 aromatic carbocycles. The van der Waals surface area contributed by atoms with Crippen LogP contribution in [0.15, 0.2) is 48.8 Å². The van der Waals surface area contributed by atoms with Gasteiger partial charge in [-0.05, 0) is 44.8 Å². The van der Waals surface area contributed by atoms with Crippen molar-refractivity contribution < 1.29 is 9.47 Å². The van der Waals surface area contributed by atoms with E-state index in [-0.39, 0.29) is 5.84 Å². The van der Waals surface area contributed by atoms with Crippen molar-refractivity contribution in [2.45, 2.75) is 6.42 Å². The first-order chi connectivity index (χ1) is 14.9. The van der Waals surface area contributed by atoms with Gasteiger partial charge in [0.25, 0.3) is 0 Å². The molecule has 2 aromatic heterocycles. The Balaban J connectivity index is 1.65. The van der Waals surface area contributed by atoms with Crippen LogP contribution < -0.4 is 20.1 Å². The van der Waals surface area contributed by atoms with Crippen LogP contribution in [0.4, 0.5) is 11.5 Å². The summed E-state index contributed by atoms with van der Waals surface area (Å²) in [5, 5.41) is 18.8. The number of benzene rings is 1. The molecule has 3 N–H and O–H groups in total. The Morgan fingerprint density at radius 1 is 1.16 bits per heavy atom. The molecule has 0 fully saturated rings. The number of aryl methyl sites for hydroxylation is 1. The summed E-state index contributed by atoms with van der Waals surface area (Å²) in [6, 6.07) is 10.9. The van der Waals surface area contributed by atoms with Crippen molar-refractivity contribution in [1.82, 2.24) is 19.7 Å². The Hall–Kier alpha value is -3.59. The maximum atomic E-state index is 8.44. The average Bonchev–Trinajstić information content (AvgIpc) is 3.16. The quantitative estimate of drug-likeness (QED) is 0.261. The second-order valence-electron chi connectivity index (χ2n) is 7.27. The predicted molar refractivity (Wildman–Crippen MR) is 123 cm³/mol. The third-order valence-electron chi connectivity index (χ3n) is 4.45. The Bertz CT molecular complexity index is 999. The molecule has 0 radical (unpaired) electrons. The lowest BCUT2D eigenvalue weighted by molar-refractivity contribution is 0.280. The van der Waals surface area contributed by atoms with Crippen molar-refractivity contribution in [3.63, 3.8) is 0 Å². The number of pyridine rings is 1. The number of aromatic nitrogens is 3. The summed E-state index contributed by atoms with van der Waals surface area (Å²) in [6.07, 6.45) is 4.41. The zero-order chi connectivity index (χ0) is 22.2. The highest BCUT2D eigenvalue weighted by Gasteiger charge is 2.11. The molecule has 2 heterocycles. The monoisotopic (exact) mass is 423 g/mol. The predicted octanol–water partition coefficient (Wildman–Crippen LogP) is 3.42. The van der Waals surface area contributed by atoms with Crippen molar-refractivity contribution in [2.24, 2.45) is 7.05 Å². The van der Waals surface area contributed by atoms with E-state index in [1.54, 1.807) is 23.0 Å². The van der Waals surface area contributed by atoms with Crippen molar-refractivity contribution in [3.8, 4) is 17.4 Å². The molecule has 3 rings (SSSR count). The summed E-state index contributed by atoms with van der Waals surface area (Å²) >= 11 is 0. The van der Waals surface area contributed by atoms with E-state index in [9.17, 15) is 0 Å². The minimum Gasteiger partial charge on any atom is -0.492 e. The first kappa shape index (κ1) is 22.1. The number of anilines is 2. The van der Waals surface area contributed by atoms with E-state index in [2.05, 4.69) is 25.6 Å². The fourth-order valence-corrected chi connectivity index (χ4v) is 2.89. The normalized spacial score (nSPS) is 10.7. The van der Waals surface area contributed by atoms with Gasteiger partial charge < -0.3 is 25.0 Å². The number of amidine groups is 1.